The van der Waals surface area contributed by atoms with E-state index in [2.05, 4.69) is 45.7 Å². The monoisotopic (exact) mass is 301 g/mol. The number of ether oxygens (including phenoxy) is 1. The normalized spacial score (nSPS) is 21.2. The highest BCUT2D eigenvalue weighted by molar-refractivity contribution is 5.83. The maximum atomic E-state index is 11.7. The van der Waals surface area contributed by atoms with Gasteiger partial charge in [0.2, 0.25) is 0 Å². The van der Waals surface area contributed by atoms with E-state index in [0.717, 1.165) is 19.5 Å². The third kappa shape index (κ3) is 3.25. The Balaban J connectivity index is 2.51. The van der Waals surface area contributed by atoms with Crippen molar-refractivity contribution in [2.24, 2.45) is 0 Å². The van der Waals surface area contributed by atoms with E-state index in [4.69, 9.17) is 4.74 Å². The van der Waals surface area contributed by atoms with E-state index in [-0.39, 0.29) is 11.9 Å². The summed E-state index contributed by atoms with van der Waals surface area (Å²) in [6.07, 6.45) is 2.61. The van der Waals surface area contributed by atoms with E-state index in [0.29, 0.717) is 0 Å². The van der Waals surface area contributed by atoms with Crippen molar-refractivity contribution in [2.45, 2.75) is 40.0 Å². The van der Waals surface area contributed by atoms with Crippen LogP contribution >= 0.6 is 0 Å². The van der Waals surface area contributed by atoms with Crippen molar-refractivity contribution in [3.8, 4) is 0 Å². The lowest BCUT2D eigenvalue weighted by atomic mass is 9.80. The van der Waals surface area contributed by atoms with Gasteiger partial charge in [-0.2, -0.15) is 0 Å². The summed E-state index contributed by atoms with van der Waals surface area (Å²) in [4.78, 5) is 14.0. The molecular weight excluding hydrogens is 274 g/mol. The molecule has 3 heteroatoms. The first-order chi connectivity index (χ1) is 10.3. The largest absolute Gasteiger partial charge is 0.466 e. The lowest BCUT2D eigenvalue weighted by Gasteiger charge is -2.34. The lowest BCUT2D eigenvalue weighted by molar-refractivity contribution is -0.134. The van der Waals surface area contributed by atoms with Crippen LogP contribution in [-0.4, -0.2) is 38.1 Å². The highest BCUT2D eigenvalue weighted by Crippen LogP contribution is 2.35. The zero-order valence-corrected chi connectivity index (χ0v) is 14.6. The SMILES string of the molecule is COC(=O)/C=C1\CCN(C)CC1c1cc(C)c(C)c(C)c1C. The van der Waals surface area contributed by atoms with E-state index < -0.39 is 0 Å². The van der Waals surface area contributed by atoms with Crippen LogP contribution in [0.3, 0.4) is 0 Å². The minimum atomic E-state index is -0.247. The topological polar surface area (TPSA) is 29.5 Å². The highest BCUT2D eigenvalue weighted by atomic mass is 16.5. The number of carbonyl (C=O) groups is 1. The quantitative estimate of drug-likeness (QED) is 0.619. The molecular formula is C19H27NO2. The van der Waals surface area contributed by atoms with Gasteiger partial charge in [-0.3, -0.25) is 0 Å². The molecule has 0 aromatic heterocycles. The molecule has 1 heterocycles. The second kappa shape index (κ2) is 6.66. The van der Waals surface area contributed by atoms with Crippen LogP contribution in [0.2, 0.25) is 0 Å². The van der Waals surface area contributed by atoms with Crippen molar-refractivity contribution < 1.29 is 9.53 Å². The fourth-order valence-electron chi connectivity index (χ4n) is 3.30. The first-order valence-corrected chi connectivity index (χ1v) is 7.89. The van der Waals surface area contributed by atoms with Crippen LogP contribution in [0, 0.1) is 27.7 Å². The average molecular weight is 301 g/mol. The lowest BCUT2D eigenvalue weighted by Crippen LogP contribution is -2.33. The van der Waals surface area contributed by atoms with Gasteiger partial charge in [0.1, 0.15) is 0 Å². The first-order valence-electron chi connectivity index (χ1n) is 7.89. The Morgan fingerprint density at radius 1 is 1.23 bits per heavy atom. The summed E-state index contributed by atoms with van der Waals surface area (Å²) in [6, 6.07) is 2.30. The predicted molar refractivity (Wildman–Crippen MR) is 90.3 cm³/mol. The number of aryl methyl sites for hydroxylation is 1. The molecule has 1 atom stereocenters. The molecule has 0 bridgehead atoms. The van der Waals surface area contributed by atoms with Crippen LogP contribution in [0.25, 0.3) is 0 Å². The van der Waals surface area contributed by atoms with Gasteiger partial charge in [0.15, 0.2) is 0 Å². The number of carbonyl (C=O) groups excluding carboxylic acids is 1. The Morgan fingerprint density at radius 2 is 1.91 bits per heavy atom. The van der Waals surface area contributed by atoms with Gasteiger partial charge in [-0.05, 0) is 69.0 Å². The second-order valence-electron chi connectivity index (χ2n) is 6.46. The average Bonchev–Trinajstić information content (AvgIpc) is 2.50. The zero-order chi connectivity index (χ0) is 16.4. The van der Waals surface area contributed by atoms with E-state index in [9.17, 15) is 4.79 Å². The minimum absolute atomic E-state index is 0.247. The van der Waals surface area contributed by atoms with Crippen molar-refractivity contribution in [3.63, 3.8) is 0 Å². The Hall–Kier alpha value is -1.61. The molecule has 1 saturated heterocycles. The molecule has 0 aliphatic carbocycles. The molecule has 2 rings (SSSR count). The fraction of sp³-hybridized carbons (Fsp3) is 0.526. The van der Waals surface area contributed by atoms with Gasteiger partial charge in [-0.25, -0.2) is 4.79 Å². The molecule has 1 aliphatic rings. The van der Waals surface area contributed by atoms with Crippen LogP contribution in [-0.2, 0) is 9.53 Å². The summed E-state index contributed by atoms with van der Waals surface area (Å²) in [5.74, 6) is 0.0265. The summed E-state index contributed by atoms with van der Waals surface area (Å²) < 4.78 is 4.83. The maximum absolute atomic E-state index is 11.7. The number of nitrogens with zero attached hydrogens (tertiary/aromatic N) is 1. The molecule has 0 amide bonds. The maximum Gasteiger partial charge on any atom is 0.330 e. The molecule has 1 fully saturated rings. The molecule has 0 radical (unpaired) electrons. The molecule has 1 aromatic rings. The van der Waals surface area contributed by atoms with E-state index in [1.807, 2.05) is 0 Å². The van der Waals surface area contributed by atoms with Gasteiger partial charge in [0, 0.05) is 25.1 Å². The van der Waals surface area contributed by atoms with Crippen molar-refractivity contribution >= 4 is 5.97 Å². The Bertz CT molecular complexity index is 616. The summed E-state index contributed by atoms with van der Waals surface area (Å²) in [7, 11) is 3.58. The number of benzene rings is 1. The number of hydrogen-bond acceptors (Lipinski definition) is 3. The molecule has 1 aromatic carbocycles. The van der Waals surface area contributed by atoms with Gasteiger partial charge in [-0.15, -0.1) is 0 Å². The van der Waals surface area contributed by atoms with Crippen molar-refractivity contribution in [1.29, 1.82) is 0 Å². The van der Waals surface area contributed by atoms with Crippen molar-refractivity contribution in [1.82, 2.24) is 4.90 Å². The highest BCUT2D eigenvalue weighted by Gasteiger charge is 2.26. The molecule has 0 N–H and O–H groups in total. The number of likely N-dealkylation sites (N-methyl/N-ethyl adjacent to an activating group) is 1. The molecule has 0 spiro atoms. The van der Waals surface area contributed by atoms with Gasteiger partial charge < -0.3 is 9.64 Å². The molecule has 22 heavy (non-hydrogen) atoms. The van der Waals surface area contributed by atoms with Gasteiger partial charge in [0.05, 0.1) is 7.11 Å². The van der Waals surface area contributed by atoms with Crippen LogP contribution in [0.5, 0.6) is 0 Å². The van der Waals surface area contributed by atoms with Crippen LogP contribution < -0.4 is 0 Å². The number of hydrogen-bond donors (Lipinski definition) is 0. The van der Waals surface area contributed by atoms with Crippen molar-refractivity contribution in [3.05, 3.63) is 45.5 Å². The summed E-state index contributed by atoms with van der Waals surface area (Å²) in [5, 5.41) is 0. The van der Waals surface area contributed by atoms with Crippen LogP contribution in [0.4, 0.5) is 0 Å². The Morgan fingerprint density at radius 3 is 2.55 bits per heavy atom. The number of rotatable bonds is 2. The Labute approximate surface area is 134 Å². The van der Waals surface area contributed by atoms with Crippen LogP contribution in [0.1, 0.15) is 40.2 Å². The molecule has 0 saturated carbocycles. The Kier molecular flexibility index (Phi) is 5.07. The van der Waals surface area contributed by atoms with E-state index in [1.54, 1.807) is 6.08 Å². The van der Waals surface area contributed by atoms with Gasteiger partial charge in [-0.1, -0.05) is 11.6 Å². The summed E-state index contributed by atoms with van der Waals surface area (Å²) in [6.45, 7) is 10.7. The zero-order valence-electron chi connectivity index (χ0n) is 14.6. The minimum Gasteiger partial charge on any atom is -0.466 e. The van der Waals surface area contributed by atoms with Crippen molar-refractivity contribution in [2.75, 3.05) is 27.2 Å². The third-order valence-electron chi connectivity index (χ3n) is 5.13. The molecule has 1 unspecified atom stereocenters. The number of esters is 1. The third-order valence-corrected chi connectivity index (χ3v) is 5.13. The second-order valence-corrected chi connectivity index (χ2v) is 6.46. The first kappa shape index (κ1) is 16.8. The van der Waals surface area contributed by atoms with Gasteiger partial charge >= 0.3 is 5.97 Å². The summed E-state index contributed by atoms with van der Waals surface area (Å²) in [5.41, 5.74) is 7.94. The van der Waals surface area contributed by atoms with Gasteiger partial charge in [0.25, 0.3) is 0 Å². The summed E-state index contributed by atoms with van der Waals surface area (Å²) >= 11 is 0. The number of methoxy groups -OCH3 is 1. The molecule has 3 nitrogen and oxygen atoms in total. The predicted octanol–water partition coefficient (Wildman–Crippen LogP) is 3.44. The fourth-order valence-corrected chi connectivity index (χ4v) is 3.30. The number of likely N-dealkylation sites (tertiary alicyclic amines) is 1. The van der Waals surface area contributed by atoms with Crippen LogP contribution in [0.15, 0.2) is 17.7 Å². The molecule has 1 aliphatic heterocycles. The number of piperidine rings is 1. The standard InChI is InChI=1S/C19H27NO2/c1-12-9-17(15(4)14(3)13(12)2)18-11-20(5)8-7-16(18)10-19(21)22-6/h9-10,18H,7-8,11H2,1-6H3/b16-10+. The van der Waals surface area contributed by atoms with E-state index in [1.165, 1.54) is 40.5 Å². The van der Waals surface area contributed by atoms with E-state index >= 15 is 0 Å². The smallest absolute Gasteiger partial charge is 0.330 e. The molecule has 120 valence electrons.